The van der Waals surface area contributed by atoms with E-state index >= 15 is 0 Å². The van der Waals surface area contributed by atoms with E-state index in [1.165, 1.54) is 6.08 Å². The van der Waals surface area contributed by atoms with Crippen molar-refractivity contribution >= 4 is 29.5 Å². The lowest BCUT2D eigenvalue weighted by atomic mass is 9.90. The second-order valence-corrected chi connectivity index (χ2v) is 6.97. The third-order valence-corrected chi connectivity index (χ3v) is 4.50. The molecule has 4 amide bonds. The number of primary amides is 1. The molecule has 8 N–H and O–H groups in total. The largest absolute Gasteiger partial charge is 0.481 e. The maximum absolute atomic E-state index is 12.4. The molecule has 0 bridgehead atoms. The summed E-state index contributed by atoms with van der Waals surface area (Å²) in [5, 5.41) is 36.2. The molecule has 30 heavy (non-hydrogen) atoms. The van der Waals surface area contributed by atoms with E-state index in [0.29, 0.717) is 5.69 Å². The standard InChI is InChI=1S/C19H24N4O7/c1-9-2-4-11(5-3-9)21-19(30)23-12-6-10(7-14(24)16(12)27)18(29)22-13(17(20)28)8-15(25)26/h2-6,12-14,16,24,27H,7-8H2,1H3,(H2,20,28)(H,22,29)(H,25,26)(H2,21,23,30)/t12-,13+,14+,16+/m0/s1. The molecule has 0 saturated carbocycles. The monoisotopic (exact) mass is 420 g/mol. The van der Waals surface area contributed by atoms with Crippen molar-refractivity contribution in [1.82, 2.24) is 10.6 Å². The molecular formula is C19H24N4O7. The molecular weight excluding hydrogens is 396 g/mol. The average molecular weight is 420 g/mol. The van der Waals surface area contributed by atoms with Gasteiger partial charge in [-0.1, -0.05) is 23.8 Å². The van der Waals surface area contributed by atoms with Gasteiger partial charge < -0.3 is 37.0 Å². The van der Waals surface area contributed by atoms with Gasteiger partial charge in [0.15, 0.2) is 0 Å². The van der Waals surface area contributed by atoms with Crippen LogP contribution in [0.1, 0.15) is 18.4 Å². The third kappa shape index (κ3) is 6.29. The van der Waals surface area contributed by atoms with E-state index in [4.69, 9.17) is 10.8 Å². The van der Waals surface area contributed by atoms with E-state index < -0.39 is 54.5 Å². The number of aliphatic hydroxyl groups excluding tert-OH is 2. The van der Waals surface area contributed by atoms with Crippen molar-refractivity contribution in [2.45, 2.75) is 44.1 Å². The zero-order chi connectivity index (χ0) is 22.4. The molecule has 1 aromatic carbocycles. The highest BCUT2D eigenvalue weighted by Crippen LogP contribution is 2.20. The number of hydrogen-bond donors (Lipinski definition) is 7. The van der Waals surface area contributed by atoms with Crippen LogP contribution in [0.2, 0.25) is 0 Å². The highest BCUT2D eigenvalue weighted by Gasteiger charge is 2.34. The van der Waals surface area contributed by atoms with Gasteiger partial charge in [-0.3, -0.25) is 14.4 Å². The first kappa shape index (κ1) is 22.8. The van der Waals surface area contributed by atoms with Crippen LogP contribution in [0, 0.1) is 6.92 Å². The Balaban J connectivity index is 2.09. The molecule has 11 nitrogen and oxygen atoms in total. The number of aliphatic hydroxyl groups is 2. The van der Waals surface area contributed by atoms with E-state index in [0.717, 1.165) is 5.56 Å². The number of anilines is 1. The zero-order valence-corrected chi connectivity index (χ0v) is 16.2. The number of urea groups is 1. The van der Waals surface area contributed by atoms with Crippen LogP contribution in [0.4, 0.5) is 10.5 Å². The summed E-state index contributed by atoms with van der Waals surface area (Å²) in [6.07, 6.45) is -2.48. The summed E-state index contributed by atoms with van der Waals surface area (Å²) in [4.78, 5) is 46.8. The minimum absolute atomic E-state index is 0.0370. The minimum Gasteiger partial charge on any atom is -0.481 e. The number of aryl methyl sites for hydroxylation is 1. The molecule has 0 radical (unpaired) electrons. The average Bonchev–Trinajstić information content (AvgIpc) is 2.66. The van der Waals surface area contributed by atoms with E-state index in [-0.39, 0.29) is 12.0 Å². The summed E-state index contributed by atoms with van der Waals surface area (Å²) in [6, 6.07) is 3.73. The Labute approximate surface area is 171 Å². The van der Waals surface area contributed by atoms with Crippen molar-refractivity contribution in [2.24, 2.45) is 5.73 Å². The molecule has 1 aromatic rings. The number of carbonyl (C=O) groups is 4. The van der Waals surface area contributed by atoms with Crippen molar-refractivity contribution < 1.29 is 34.5 Å². The van der Waals surface area contributed by atoms with Crippen LogP contribution in [-0.4, -0.2) is 63.4 Å². The van der Waals surface area contributed by atoms with Gasteiger partial charge in [0, 0.05) is 17.7 Å². The van der Waals surface area contributed by atoms with Gasteiger partial charge in [-0.05, 0) is 19.1 Å². The summed E-state index contributed by atoms with van der Waals surface area (Å²) in [6.45, 7) is 1.89. The van der Waals surface area contributed by atoms with Gasteiger partial charge in [-0.25, -0.2) is 4.79 Å². The second kappa shape index (κ2) is 9.85. The van der Waals surface area contributed by atoms with Crippen LogP contribution in [0.15, 0.2) is 35.9 Å². The smallest absolute Gasteiger partial charge is 0.319 e. The summed E-state index contributed by atoms with van der Waals surface area (Å²) in [7, 11) is 0. The van der Waals surface area contributed by atoms with Gasteiger partial charge in [0.05, 0.1) is 18.6 Å². The van der Waals surface area contributed by atoms with E-state index in [2.05, 4.69) is 16.0 Å². The first-order valence-corrected chi connectivity index (χ1v) is 9.09. The molecule has 0 aliphatic heterocycles. The maximum atomic E-state index is 12.4. The van der Waals surface area contributed by atoms with Gasteiger partial charge in [-0.15, -0.1) is 0 Å². The molecule has 1 aliphatic rings. The van der Waals surface area contributed by atoms with Crippen LogP contribution in [-0.2, 0) is 14.4 Å². The van der Waals surface area contributed by atoms with Crippen molar-refractivity contribution in [1.29, 1.82) is 0 Å². The number of hydrogen-bond acceptors (Lipinski definition) is 6. The van der Waals surface area contributed by atoms with E-state index in [1.807, 2.05) is 6.92 Å². The van der Waals surface area contributed by atoms with Crippen molar-refractivity contribution in [2.75, 3.05) is 5.32 Å². The molecule has 0 spiro atoms. The number of carbonyl (C=O) groups excluding carboxylic acids is 3. The molecule has 162 valence electrons. The number of carboxylic acid groups (broad SMARTS) is 1. The van der Waals surface area contributed by atoms with Gasteiger partial charge >= 0.3 is 12.0 Å². The zero-order valence-electron chi connectivity index (χ0n) is 16.2. The topological polar surface area (TPSA) is 191 Å². The maximum Gasteiger partial charge on any atom is 0.319 e. The number of nitrogens with two attached hydrogens (primary N) is 1. The van der Waals surface area contributed by atoms with Crippen LogP contribution in [0.3, 0.4) is 0 Å². The first-order chi connectivity index (χ1) is 14.1. The predicted molar refractivity (Wildman–Crippen MR) is 105 cm³/mol. The number of nitrogens with one attached hydrogen (secondary N) is 3. The SMILES string of the molecule is Cc1ccc(NC(=O)N[C@H]2C=C(C(=O)N[C@H](CC(=O)O)C(N)=O)C[C@@H](O)[C@@H]2O)cc1. The molecule has 1 aliphatic carbocycles. The quantitative estimate of drug-likeness (QED) is 0.293. The molecule has 2 rings (SSSR count). The van der Waals surface area contributed by atoms with Crippen LogP contribution in [0.25, 0.3) is 0 Å². The normalized spacial score (nSPS) is 21.7. The van der Waals surface area contributed by atoms with Crippen molar-refractivity contribution in [3.05, 3.63) is 41.5 Å². The molecule has 4 atom stereocenters. The number of benzene rings is 1. The molecule has 0 unspecified atom stereocenters. The fourth-order valence-electron chi connectivity index (χ4n) is 2.87. The summed E-state index contributed by atoms with van der Waals surface area (Å²) < 4.78 is 0. The number of carboxylic acids is 1. The lowest BCUT2D eigenvalue weighted by molar-refractivity contribution is -0.140. The van der Waals surface area contributed by atoms with Crippen LogP contribution in [0.5, 0.6) is 0 Å². The molecule has 0 aromatic heterocycles. The number of amides is 4. The molecule has 0 saturated heterocycles. The Hall–Kier alpha value is -3.44. The molecule has 11 heteroatoms. The fourth-order valence-corrected chi connectivity index (χ4v) is 2.87. The van der Waals surface area contributed by atoms with Crippen LogP contribution >= 0.6 is 0 Å². The Morgan fingerprint density at radius 3 is 2.37 bits per heavy atom. The minimum atomic E-state index is -1.45. The summed E-state index contributed by atoms with van der Waals surface area (Å²) >= 11 is 0. The molecule has 0 heterocycles. The van der Waals surface area contributed by atoms with Gasteiger partial charge in [0.25, 0.3) is 0 Å². The summed E-state index contributed by atoms with van der Waals surface area (Å²) in [5.74, 6) is -3.20. The van der Waals surface area contributed by atoms with Gasteiger partial charge in [-0.2, -0.15) is 0 Å². The Bertz CT molecular complexity index is 853. The van der Waals surface area contributed by atoms with Gasteiger partial charge in [0.1, 0.15) is 12.1 Å². The predicted octanol–water partition coefficient (Wildman–Crippen LogP) is -1.02. The van der Waals surface area contributed by atoms with E-state index in [1.54, 1.807) is 24.3 Å². The Morgan fingerprint density at radius 1 is 1.17 bits per heavy atom. The van der Waals surface area contributed by atoms with Crippen molar-refractivity contribution in [3.8, 4) is 0 Å². The van der Waals surface area contributed by atoms with Crippen LogP contribution < -0.4 is 21.7 Å². The van der Waals surface area contributed by atoms with Gasteiger partial charge in [0.2, 0.25) is 11.8 Å². The summed E-state index contributed by atoms with van der Waals surface area (Å²) in [5.41, 5.74) is 6.57. The number of aliphatic carboxylic acids is 1. The lowest BCUT2D eigenvalue weighted by Crippen LogP contribution is -2.53. The molecule has 0 fully saturated rings. The highest BCUT2D eigenvalue weighted by atomic mass is 16.4. The Morgan fingerprint density at radius 2 is 1.80 bits per heavy atom. The first-order valence-electron chi connectivity index (χ1n) is 9.09. The second-order valence-electron chi connectivity index (χ2n) is 6.97. The lowest BCUT2D eigenvalue weighted by Gasteiger charge is -2.31. The number of rotatable bonds is 7. The third-order valence-electron chi connectivity index (χ3n) is 4.50. The van der Waals surface area contributed by atoms with Crippen molar-refractivity contribution in [3.63, 3.8) is 0 Å². The highest BCUT2D eigenvalue weighted by molar-refractivity contribution is 5.98. The van der Waals surface area contributed by atoms with E-state index in [9.17, 15) is 29.4 Å². The Kier molecular flexibility index (Phi) is 7.50. The fraction of sp³-hybridized carbons (Fsp3) is 0.368.